The van der Waals surface area contributed by atoms with E-state index in [-0.39, 0.29) is 16.9 Å². The molecule has 222 valence electrons. The highest BCUT2D eigenvalue weighted by Crippen LogP contribution is 2.46. The number of nitrogens with zero attached hydrogens (tertiary/aromatic N) is 1. The Balaban J connectivity index is 1.16. The Morgan fingerprint density at radius 2 is 1.38 bits per heavy atom. The Morgan fingerprint density at radius 3 is 1.93 bits per heavy atom. The van der Waals surface area contributed by atoms with Gasteiger partial charge in [0.25, 0.3) is 0 Å². The molecule has 0 bridgehead atoms. The van der Waals surface area contributed by atoms with Gasteiger partial charge in [-0.25, -0.2) is 8.42 Å². The standard InChI is InChI=1S/C32H36Cl2N4O3S/c33-25-8-1-20(2-9-25)30(21-3-10-26(34)11-4-21)24-7-14-29-28(19-24)31(37-36-29)22-15-17-38(18-16-22)42(40,41)27-12-5-23(6-13-27)32(35)39/h1-6,8-13,22,24,28-31,36-37H,7,14-19H2,(H2,35,39). The molecular formula is C32H36Cl2N4O3S. The van der Waals surface area contributed by atoms with Crippen LogP contribution in [-0.4, -0.2) is 43.8 Å². The first-order chi connectivity index (χ1) is 20.2. The normalized spacial score (nSPS) is 25.4. The molecule has 3 aromatic carbocycles. The van der Waals surface area contributed by atoms with Gasteiger partial charge in [-0.3, -0.25) is 15.6 Å². The summed E-state index contributed by atoms with van der Waals surface area (Å²) in [6, 6.07) is 23.0. The van der Waals surface area contributed by atoms with Gasteiger partial charge in [-0.1, -0.05) is 47.5 Å². The van der Waals surface area contributed by atoms with Crippen LogP contribution in [-0.2, 0) is 10.0 Å². The zero-order chi connectivity index (χ0) is 29.4. The minimum Gasteiger partial charge on any atom is -0.366 e. The van der Waals surface area contributed by atoms with Crippen molar-refractivity contribution in [2.75, 3.05) is 13.1 Å². The fraction of sp³-hybridized carbons (Fsp3) is 0.406. The number of piperidine rings is 1. The van der Waals surface area contributed by atoms with Crippen LogP contribution in [0.25, 0.3) is 0 Å². The summed E-state index contributed by atoms with van der Waals surface area (Å²) in [4.78, 5) is 11.6. The number of hydrazine groups is 1. The summed E-state index contributed by atoms with van der Waals surface area (Å²) < 4.78 is 28.2. The number of amides is 1. The second-order valence-electron chi connectivity index (χ2n) is 11.9. The van der Waals surface area contributed by atoms with Crippen LogP contribution in [0, 0.1) is 17.8 Å². The molecule has 1 aliphatic carbocycles. The lowest BCUT2D eigenvalue weighted by atomic mass is 9.66. The molecule has 7 nitrogen and oxygen atoms in total. The van der Waals surface area contributed by atoms with E-state index in [1.165, 1.54) is 35.4 Å². The number of halogens is 2. The molecule has 0 aromatic heterocycles. The monoisotopic (exact) mass is 626 g/mol. The third kappa shape index (κ3) is 5.98. The van der Waals surface area contributed by atoms with E-state index in [1.54, 1.807) is 4.31 Å². The molecule has 4 atom stereocenters. The lowest BCUT2D eigenvalue weighted by Gasteiger charge is -2.41. The maximum absolute atomic E-state index is 13.3. The van der Waals surface area contributed by atoms with E-state index in [9.17, 15) is 13.2 Å². The molecule has 1 amide bonds. The largest absolute Gasteiger partial charge is 0.366 e. The lowest BCUT2D eigenvalue weighted by molar-refractivity contribution is 0.1000. The summed E-state index contributed by atoms with van der Waals surface area (Å²) in [7, 11) is -3.64. The Hall–Kier alpha value is -2.46. The molecule has 3 aromatic rings. The van der Waals surface area contributed by atoms with Crippen molar-refractivity contribution in [2.24, 2.45) is 23.5 Å². The second-order valence-corrected chi connectivity index (χ2v) is 14.7. The minimum atomic E-state index is -3.64. The van der Waals surface area contributed by atoms with Crippen molar-refractivity contribution in [3.05, 3.63) is 99.5 Å². The molecule has 3 aliphatic rings. The number of sulfonamides is 1. The van der Waals surface area contributed by atoms with E-state index in [2.05, 4.69) is 35.1 Å². The molecule has 6 rings (SSSR count). The number of nitrogens with two attached hydrogens (primary N) is 1. The fourth-order valence-electron chi connectivity index (χ4n) is 7.39. The molecule has 2 heterocycles. The highest BCUT2D eigenvalue weighted by atomic mass is 35.5. The van der Waals surface area contributed by atoms with Gasteiger partial charge in [-0.2, -0.15) is 4.31 Å². The first-order valence-corrected chi connectivity index (χ1v) is 16.8. The number of carbonyl (C=O) groups excluding carboxylic acids is 1. The van der Waals surface area contributed by atoms with Gasteiger partial charge < -0.3 is 5.73 Å². The molecule has 0 radical (unpaired) electrons. The van der Waals surface area contributed by atoms with Crippen LogP contribution < -0.4 is 16.6 Å². The zero-order valence-corrected chi connectivity index (χ0v) is 25.6. The lowest BCUT2D eigenvalue weighted by Crippen LogP contribution is -2.46. The van der Waals surface area contributed by atoms with Crippen molar-refractivity contribution in [3.63, 3.8) is 0 Å². The quantitative estimate of drug-likeness (QED) is 0.317. The van der Waals surface area contributed by atoms with E-state index in [4.69, 9.17) is 28.9 Å². The molecular weight excluding hydrogens is 591 g/mol. The number of benzene rings is 3. The SMILES string of the molecule is NC(=O)c1ccc(S(=O)(=O)N2CCC(C3NNC4CCC(C(c5ccc(Cl)cc5)c5ccc(Cl)cc5)CC43)CC2)cc1. The van der Waals surface area contributed by atoms with Crippen LogP contribution in [0.15, 0.2) is 77.7 Å². The predicted octanol–water partition coefficient (Wildman–Crippen LogP) is 5.59. The molecule has 2 aliphatic heterocycles. The molecule has 42 heavy (non-hydrogen) atoms. The molecule has 10 heteroatoms. The highest BCUT2D eigenvalue weighted by molar-refractivity contribution is 7.89. The van der Waals surface area contributed by atoms with Gasteiger partial charge in [-0.15, -0.1) is 0 Å². The molecule has 3 fully saturated rings. The predicted molar refractivity (Wildman–Crippen MR) is 166 cm³/mol. The summed E-state index contributed by atoms with van der Waals surface area (Å²) in [6.45, 7) is 0.948. The average molecular weight is 628 g/mol. The third-order valence-electron chi connectivity index (χ3n) is 9.55. The number of carbonyl (C=O) groups is 1. The third-order valence-corrected chi connectivity index (χ3v) is 12.0. The van der Waals surface area contributed by atoms with Gasteiger partial charge in [0.1, 0.15) is 0 Å². The van der Waals surface area contributed by atoms with Crippen LogP contribution >= 0.6 is 23.2 Å². The summed E-state index contributed by atoms with van der Waals surface area (Å²) in [5, 5.41) is 1.47. The average Bonchev–Trinajstić information content (AvgIpc) is 3.43. The van der Waals surface area contributed by atoms with E-state index in [0.29, 0.717) is 42.4 Å². The number of rotatable bonds is 7. The van der Waals surface area contributed by atoms with Crippen molar-refractivity contribution in [2.45, 2.75) is 55.0 Å². The fourth-order valence-corrected chi connectivity index (χ4v) is 9.11. The number of fused-ring (bicyclic) bond motifs is 1. The van der Waals surface area contributed by atoms with Gasteiger partial charge in [0.2, 0.25) is 15.9 Å². The number of nitrogens with one attached hydrogen (secondary N) is 2. The molecule has 1 saturated carbocycles. The van der Waals surface area contributed by atoms with Gasteiger partial charge in [0, 0.05) is 46.7 Å². The first kappa shape index (κ1) is 29.6. The molecule has 4 N–H and O–H groups in total. The Labute approximate surface area is 257 Å². The number of hydrogen-bond acceptors (Lipinski definition) is 5. The summed E-state index contributed by atoms with van der Waals surface area (Å²) in [5.41, 5.74) is 15.4. The van der Waals surface area contributed by atoms with Crippen LogP contribution in [0.4, 0.5) is 0 Å². The van der Waals surface area contributed by atoms with Crippen molar-refractivity contribution < 1.29 is 13.2 Å². The van der Waals surface area contributed by atoms with Crippen molar-refractivity contribution in [1.82, 2.24) is 15.2 Å². The van der Waals surface area contributed by atoms with Crippen LogP contribution in [0.2, 0.25) is 10.0 Å². The smallest absolute Gasteiger partial charge is 0.248 e. The Bertz CT molecular complexity index is 1460. The molecule has 2 saturated heterocycles. The van der Waals surface area contributed by atoms with Crippen molar-refractivity contribution in [3.8, 4) is 0 Å². The second kappa shape index (κ2) is 12.3. The van der Waals surface area contributed by atoms with E-state index in [0.717, 1.165) is 42.1 Å². The van der Waals surface area contributed by atoms with Crippen LogP contribution in [0.1, 0.15) is 59.5 Å². The van der Waals surface area contributed by atoms with Crippen molar-refractivity contribution in [1.29, 1.82) is 0 Å². The van der Waals surface area contributed by atoms with Gasteiger partial charge >= 0.3 is 0 Å². The van der Waals surface area contributed by atoms with Crippen LogP contribution in [0.3, 0.4) is 0 Å². The highest BCUT2D eigenvalue weighted by Gasteiger charge is 2.46. The number of hydrogen-bond donors (Lipinski definition) is 3. The number of primary amides is 1. The van der Waals surface area contributed by atoms with Gasteiger partial charge in [0.15, 0.2) is 0 Å². The molecule has 4 unspecified atom stereocenters. The first-order valence-electron chi connectivity index (χ1n) is 14.6. The Morgan fingerprint density at radius 1 is 0.810 bits per heavy atom. The zero-order valence-electron chi connectivity index (χ0n) is 23.3. The summed E-state index contributed by atoms with van der Waals surface area (Å²) in [6.07, 6.45) is 4.87. The topological polar surface area (TPSA) is 105 Å². The van der Waals surface area contributed by atoms with E-state index >= 15 is 0 Å². The minimum absolute atomic E-state index is 0.192. The molecule has 0 spiro atoms. The summed E-state index contributed by atoms with van der Waals surface area (Å²) in [5.74, 6) is 0.962. The Kier molecular flexibility index (Phi) is 8.65. The summed E-state index contributed by atoms with van der Waals surface area (Å²) >= 11 is 12.5. The van der Waals surface area contributed by atoms with Crippen LogP contribution in [0.5, 0.6) is 0 Å². The van der Waals surface area contributed by atoms with Gasteiger partial charge in [-0.05, 0) is 110 Å². The van der Waals surface area contributed by atoms with Gasteiger partial charge in [0.05, 0.1) is 4.90 Å². The maximum atomic E-state index is 13.3. The van der Waals surface area contributed by atoms with E-state index in [1.807, 2.05) is 24.3 Å². The maximum Gasteiger partial charge on any atom is 0.248 e. The van der Waals surface area contributed by atoms with Crippen molar-refractivity contribution >= 4 is 39.1 Å². The van der Waals surface area contributed by atoms with E-state index < -0.39 is 15.9 Å².